The molecule has 6 rings (SSSR count). The molecule has 1 N–H and O–H groups in total. The fraction of sp³-hybridized carbons (Fsp3) is 0.391. The molecule has 1 amide bonds. The Morgan fingerprint density at radius 1 is 1.25 bits per heavy atom. The first kappa shape index (κ1) is 19.6. The van der Waals surface area contributed by atoms with Gasteiger partial charge in [0.1, 0.15) is 17.0 Å². The minimum atomic E-state index is 0.0762. The number of anilines is 2. The number of nitrogens with one attached hydrogen (secondary N) is 1. The highest BCUT2D eigenvalue weighted by Crippen LogP contribution is 2.41. The minimum absolute atomic E-state index is 0.0762. The minimum Gasteiger partial charge on any atom is -0.339 e. The summed E-state index contributed by atoms with van der Waals surface area (Å²) in [5, 5.41) is 8.84. The van der Waals surface area contributed by atoms with E-state index in [0.717, 1.165) is 59.6 Å². The van der Waals surface area contributed by atoms with Gasteiger partial charge >= 0.3 is 0 Å². The van der Waals surface area contributed by atoms with Crippen LogP contribution in [0.25, 0.3) is 15.7 Å². The predicted octanol–water partition coefficient (Wildman–Crippen LogP) is 2.96. The highest BCUT2D eigenvalue weighted by atomic mass is 32.1. The van der Waals surface area contributed by atoms with Gasteiger partial charge in [-0.3, -0.25) is 4.79 Å². The highest BCUT2D eigenvalue weighted by Gasteiger charge is 2.37. The van der Waals surface area contributed by atoms with Crippen LogP contribution in [0, 0.1) is 5.92 Å². The van der Waals surface area contributed by atoms with Crippen molar-refractivity contribution in [2.45, 2.75) is 25.3 Å². The third kappa shape index (κ3) is 3.23. The number of fused-ring (bicyclic) bond motifs is 4. The van der Waals surface area contributed by atoms with Crippen LogP contribution in [0.15, 0.2) is 36.9 Å². The molecule has 32 heavy (non-hydrogen) atoms. The molecule has 0 spiro atoms. The van der Waals surface area contributed by atoms with Crippen LogP contribution >= 0.6 is 11.3 Å². The summed E-state index contributed by atoms with van der Waals surface area (Å²) in [6.45, 7) is 1.70. The van der Waals surface area contributed by atoms with Crippen LogP contribution < -0.4 is 5.32 Å². The van der Waals surface area contributed by atoms with Crippen molar-refractivity contribution < 1.29 is 4.79 Å². The number of amides is 1. The topological polar surface area (TPSA) is 78.7 Å². The molecular weight excluding hydrogens is 422 g/mol. The summed E-state index contributed by atoms with van der Waals surface area (Å²) in [4.78, 5) is 28.6. The maximum atomic E-state index is 13.0. The van der Waals surface area contributed by atoms with Gasteiger partial charge in [-0.25, -0.2) is 14.5 Å². The number of likely N-dealkylation sites (N-methyl/N-ethyl adjacent to an activating group) is 1. The number of aryl methyl sites for hydroxylation is 1. The van der Waals surface area contributed by atoms with Crippen LogP contribution in [0.1, 0.15) is 16.9 Å². The fourth-order valence-corrected chi connectivity index (χ4v) is 6.04. The molecule has 1 fully saturated rings. The van der Waals surface area contributed by atoms with E-state index in [0.29, 0.717) is 11.9 Å². The summed E-state index contributed by atoms with van der Waals surface area (Å²) < 4.78 is 1.84. The number of nitrogens with zero attached hydrogens (tertiary/aromatic N) is 6. The second-order valence-corrected chi connectivity index (χ2v) is 10.0. The van der Waals surface area contributed by atoms with Crippen molar-refractivity contribution in [2.24, 2.45) is 5.92 Å². The molecule has 8 nitrogen and oxygen atoms in total. The summed E-state index contributed by atoms with van der Waals surface area (Å²) in [5.74, 6) is 1.22. The molecule has 0 aromatic carbocycles. The smallest absolute Gasteiger partial charge is 0.226 e. The second-order valence-electron chi connectivity index (χ2n) is 8.95. The number of carbonyl (C=O) groups is 1. The molecule has 164 valence electrons. The summed E-state index contributed by atoms with van der Waals surface area (Å²) in [5.41, 5.74) is 3.30. The molecule has 0 unspecified atom stereocenters. The van der Waals surface area contributed by atoms with E-state index < -0.39 is 0 Å². The zero-order valence-electron chi connectivity index (χ0n) is 18.2. The maximum absolute atomic E-state index is 13.0. The van der Waals surface area contributed by atoms with E-state index in [1.54, 1.807) is 23.9 Å². The molecule has 4 aromatic rings. The lowest BCUT2D eigenvalue weighted by Gasteiger charge is -2.44. The van der Waals surface area contributed by atoms with Crippen molar-refractivity contribution in [2.75, 3.05) is 32.5 Å². The first-order valence-electron chi connectivity index (χ1n) is 11.0. The molecule has 5 heterocycles. The van der Waals surface area contributed by atoms with Crippen molar-refractivity contribution in [1.29, 1.82) is 0 Å². The normalized spacial score (nSPS) is 18.8. The quantitative estimate of drug-likeness (QED) is 0.518. The van der Waals surface area contributed by atoms with Crippen LogP contribution in [-0.2, 0) is 17.6 Å². The Morgan fingerprint density at radius 2 is 2.12 bits per heavy atom. The first-order chi connectivity index (χ1) is 15.6. The van der Waals surface area contributed by atoms with E-state index in [9.17, 15) is 4.79 Å². The molecule has 0 bridgehead atoms. The lowest BCUT2D eigenvalue weighted by molar-refractivity contribution is -0.142. The van der Waals surface area contributed by atoms with Crippen LogP contribution in [-0.4, -0.2) is 68.5 Å². The van der Waals surface area contributed by atoms with E-state index in [2.05, 4.69) is 45.4 Å². The van der Waals surface area contributed by atoms with Crippen molar-refractivity contribution in [3.05, 3.63) is 47.4 Å². The van der Waals surface area contributed by atoms with Crippen molar-refractivity contribution >= 4 is 44.5 Å². The van der Waals surface area contributed by atoms with Crippen molar-refractivity contribution in [1.82, 2.24) is 29.4 Å². The summed E-state index contributed by atoms with van der Waals surface area (Å²) >= 11 is 1.71. The predicted molar refractivity (Wildman–Crippen MR) is 125 cm³/mol. The van der Waals surface area contributed by atoms with E-state index in [1.807, 2.05) is 27.7 Å². The number of aromatic nitrogens is 4. The average Bonchev–Trinajstić information content (AvgIpc) is 3.36. The van der Waals surface area contributed by atoms with E-state index in [4.69, 9.17) is 0 Å². The Morgan fingerprint density at radius 3 is 2.97 bits per heavy atom. The van der Waals surface area contributed by atoms with E-state index in [1.165, 1.54) is 10.4 Å². The Labute approximate surface area is 189 Å². The van der Waals surface area contributed by atoms with Crippen LogP contribution in [0.5, 0.6) is 0 Å². The van der Waals surface area contributed by atoms with Crippen molar-refractivity contribution in [3.63, 3.8) is 0 Å². The molecule has 4 aromatic heterocycles. The summed E-state index contributed by atoms with van der Waals surface area (Å²) in [7, 11) is 4.16. The Kier molecular flexibility index (Phi) is 4.62. The molecule has 1 aliphatic carbocycles. The zero-order valence-corrected chi connectivity index (χ0v) is 19.0. The molecule has 0 radical (unpaired) electrons. The van der Waals surface area contributed by atoms with Gasteiger partial charge in [0.2, 0.25) is 5.91 Å². The van der Waals surface area contributed by atoms with Gasteiger partial charge < -0.3 is 15.1 Å². The molecule has 0 saturated carbocycles. The number of hydrogen-bond donors (Lipinski definition) is 1. The lowest BCUT2D eigenvalue weighted by atomic mass is 9.86. The van der Waals surface area contributed by atoms with Gasteiger partial charge in [0.05, 0.1) is 10.9 Å². The molecule has 1 aliphatic heterocycles. The van der Waals surface area contributed by atoms with Gasteiger partial charge in [-0.05, 0) is 57.1 Å². The Balaban J connectivity index is 1.25. The monoisotopic (exact) mass is 447 g/mol. The number of likely N-dealkylation sites (tertiary alicyclic amines) is 1. The molecule has 2 aliphatic rings. The Bertz CT molecular complexity index is 1320. The van der Waals surface area contributed by atoms with E-state index in [-0.39, 0.29) is 5.92 Å². The molecular formula is C23H25N7OS. The standard InChI is InChI=1S/C23H25N7OS/c1-28(2)17-11-29(12-17)23(31)14-3-4-18-19(9-14)32-22-20(18)21(24-13-25-22)27-15-6-8-30-16(10-15)5-7-26-30/h5-8,10,13-14,17H,3-4,9,11-12H2,1-2H3,(H,24,25,27)/t14-/m0/s1. The molecule has 9 heteroatoms. The van der Waals surface area contributed by atoms with E-state index >= 15 is 0 Å². The average molecular weight is 448 g/mol. The SMILES string of the molecule is CN(C)C1CN(C(=O)[C@H]2CCc3c(sc4ncnc(Nc5ccn6nccc6c5)c34)C2)C1. The van der Waals surface area contributed by atoms with Gasteiger partial charge in [0.15, 0.2) is 0 Å². The maximum Gasteiger partial charge on any atom is 0.226 e. The zero-order chi connectivity index (χ0) is 21.8. The van der Waals surface area contributed by atoms with Crippen LogP contribution in [0.4, 0.5) is 11.5 Å². The van der Waals surface area contributed by atoms with Gasteiger partial charge in [-0.1, -0.05) is 0 Å². The van der Waals surface area contributed by atoms with Gasteiger partial charge in [0, 0.05) is 48.0 Å². The number of carbonyl (C=O) groups excluding carboxylic acids is 1. The second kappa shape index (κ2) is 7.53. The molecule has 1 atom stereocenters. The van der Waals surface area contributed by atoms with Gasteiger partial charge in [-0.2, -0.15) is 5.10 Å². The number of rotatable bonds is 4. The lowest BCUT2D eigenvalue weighted by Crippen LogP contribution is -2.60. The fourth-order valence-electron chi connectivity index (χ4n) is 4.77. The third-order valence-electron chi connectivity index (χ3n) is 6.76. The van der Waals surface area contributed by atoms with Crippen LogP contribution in [0.2, 0.25) is 0 Å². The highest BCUT2D eigenvalue weighted by molar-refractivity contribution is 7.19. The molecule has 1 saturated heterocycles. The first-order valence-corrected chi connectivity index (χ1v) is 11.8. The Hall–Kier alpha value is -3.04. The summed E-state index contributed by atoms with van der Waals surface area (Å²) in [6, 6.07) is 6.52. The van der Waals surface area contributed by atoms with Gasteiger partial charge in [-0.15, -0.1) is 11.3 Å². The third-order valence-corrected chi connectivity index (χ3v) is 7.92. The van der Waals surface area contributed by atoms with Crippen LogP contribution in [0.3, 0.4) is 0 Å². The van der Waals surface area contributed by atoms with Crippen molar-refractivity contribution in [3.8, 4) is 0 Å². The number of pyridine rings is 1. The number of thiophene rings is 1. The summed E-state index contributed by atoms with van der Waals surface area (Å²) in [6.07, 6.45) is 7.92. The largest absolute Gasteiger partial charge is 0.339 e. The van der Waals surface area contributed by atoms with Gasteiger partial charge in [0.25, 0.3) is 0 Å². The number of hydrogen-bond acceptors (Lipinski definition) is 7.